The monoisotopic (exact) mass is 1490 g/mol. The second-order valence-corrected chi connectivity index (χ2v) is 52.3. The normalized spacial score (nSPS) is 15.4. The van der Waals surface area contributed by atoms with Gasteiger partial charge < -0.3 is 0 Å². The van der Waals surface area contributed by atoms with Crippen LogP contribution in [0.1, 0.15) is 332 Å². The zero-order chi connectivity index (χ0) is 75.1. The summed E-state index contributed by atoms with van der Waals surface area (Å²) in [6.07, 6.45) is 0. The fourth-order valence-electron chi connectivity index (χ4n) is 17.5. The Morgan fingerprint density at radius 3 is 0.245 bits per heavy atom. The van der Waals surface area contributed by atoms with Crippen LogP contribution in [0.3, 0.4) is 0 Å². The van der Waals surface area contributed by atoms with Crippen molar-refractivity contribution < 1.29 is 0 Å². The molecule has 0 amide bonds. The maximum absolute atomic E-state index is 7.94. The molecule has 16 nitrogen and oxygen atoms in total. The van der Waals surface area contributed by atoms with Crippen molar-refractivity contribution in [3.63, 3.8) is 0 Å². The van der Waals surface area contributed by atoms with E-state index in [0.717, 1.165) is 0 Å². The fourth-order valence-corrected chi connectivity index (χ4v) is 55.9. The van der Waals surface area contributed by atoms with E-state index in [1.54, 1.807) is 0 Å². The van der Waals surface area contributed by atoms with Gasteiger partial charge in [0.05, 0.1) is 0 Å². The topological polar surface area (TPSA) is 88.3 Å². The Morgan fingerprint density at radius 2 is 0.202 bits per heavy atom. The second kappa shape index (κ2) is 37.9. The van der Waals surface area contributed by atoms with Crippen LogP contribution in [0, 0.1) is 0 Å². The van der Waals surface area contributed by atoms with Gasteiger partial charge in [-0.1, -0.05) is 0 Å². The predicted molar refractivity (Wildman–Crippen MR) is 439 cm³/mol. The van der Waals surface area contributed by atoms with Gasteiger partial charge in [0.25, 0.3) is 0 Å². The zero-order valence-electron chi connectivity index (χ0n) is 71.6. The molecule has 0 aromatic carbocycles. The van der Waals surface area contributed by atoms with Crippen LogP contribution in [-0.4, -0.2) is 201 Å². The maximum atomic E-state index is 7.94. The molecule has 568 valence electrons. The van der Waals surface area contributed by atoms with Gasteiger partial charge in [-0.2, -0.15) is 0 Å². The van der Waals surface area contributed by atoms with Crippen LogP contribution in [0.5, 0.6) is 0 Å². The van der Waals surface area contributed by atoms with E-state index in [-0.39, 0.29) is 145 Å². The van der Waals surface area contributed by atoms with E-state index in [4.69, 9.17) is 33.6 Å². The molecule has 0 aliphatic heterocycles. The van der Waals surface area contributed by atoms with Crippen molar-refractivity contribution in [3.8, 4) is 0 Å². The molecule has 0 fully saturated rings. The van der Waals surface area contributed by atoms with Crippen molar-refractivity contribution in [1.29, 1.82) is 0 Å². The van der Waals surface area contributed by atoms with E-state index in [9.17, 15) is 0 Å². The molecule has 0 aliphatic rings. The third kappa shape index (κ3) is 20.4. The molecular weight excluding hydrogens is 1320 g/mol. The van der Waals surface area contributed by atoms with Gasteiger partial charge >= 0.3 is 603 Å². The van der Waals surface area contributed by atoms with E-state index in [1.807, 2.05) is 0 Å². The molecule has 0 heterocycles. The number of hydrogen-bond acceptors (Lipinski definition) is 4. The van der Waals surface area contributed by atoms with Gasteiger partial charge in [0.15, 0.2) is 0 Å². The molecule has 0 saturated carbocycles. The first-order valence-corrected chi connectivity index (χ1v) is 48.5. The Labute approximate surface area is 599 Å². The molecule has 0 saturated heterocycles. The SMILES string of the molecule is CC(C)N(C(C)C)P(=NP(Br)(N=P(N(C(C)C)C(C)C)(N(C(C)C)C(C)C)N(C(C)C)C(C)C)(N=P(N(C(C)C)C(C)C)(N(C(C)C)C(C)C)N(C(C)C)C(C)C)N=P(N(C(C)C)C(C)C)(N(C(C)C)C(C)C)N(C(C)C)C(C)C)(N(C(C)C)C(C)C)N(C(C)C)C(C)C. The molecule has 0 rings (SSSR count). The van der Waals surface area contributed by atoms with E-state index in [1.165, 1.54) is 0 Å². The summed E-state index contributed by atoms with van der Waals surface area (Å²) >= 11 is 5.69. The molecule has 0 bridgehead atoms. The minimum absolute atomic E-state index is 0.0209. The standard InChI is InChI=1S/C72H168BrN16P5/c1-49(2)78(50(3)4)90(79(51(5)6)52(7)8,80(53(9)10)54(11)12)74-94(73,75-91(81(55(13)14)56(15)16,82(57(17)18)58(19)20)83(59(21)22)60(23)24,76-92(84(61(25)26)62(27)28,85(63(29)30)64(31)32)86(65(33)34)66(35)36)77-93(87(67(37)38)68(39)40,88(69(41)42)70(43)44)89(71(45)46)72(47)48/h49-72H,1-48H3. The molecule has 0 spiro atoms. The average Bonchev–Trinajstić information content (AvgIpc) is 3.27. The summed E-state index contributed by atoms with van der Waals surface area (Å²) in [4.78, 5) is 0. The van der Waals surface area contributed by atoms with Crippen LogP contribution in [0.4, 0.5) is 0 Å². The van der Waals surface area contributed by atoms with E-state index in [0.29, 0.717) is 0 Å². The third-order valence-electron chi connectivity index (χ3n) is 17.5. The Hall–Kier alpha value is 1.35. The van der Waals surface area contributed by atoms with E-state index in [2.05, 4.69) is 388 Å². The third-order valence-corrected chi connectivity index (χ3v) is 49.9. The summed E-state index contributed by atoms with van der Waals surface area (Å²) in [7, 11) is -14.3. The summed E-state index contributed by atoms with van der Waals surface area (Å²) in [5, 5.41) is 0. The van der Waals surface area contributed by atoms with Crippen molar-refractivity contribution >= 4 is 51.4 Å². The molecule has 22 heteroatoms. The summed E-state index contributed by atoms with van der Waals surface area (Å²) in [6, 6.07) is 0.501. The van der Waals surface area contributed by atoms with Crippen molar-refractivity contribution in [2.45, 2.75) is 477 Å². The first-order chi connectivity index (χ1) is 42.3. The van der Waals surface area contributed by atoms with Crippen LogP contribution < -0.4 is 0 Å². The number of rotatable bonds is 40. The van der Waals surface area contributed by atoms with E-state index >= 15 is 0 Å². The summed E-state index contributed by atoms with van der Waals surface area (Å²) < 4.78 is 66.7. The first-order valence-electron chi connectivity index (χ1n) is 38.1. The summed E-state index contributed by atoms with van der Waals surface area (Å²) in [6.45, 7) is 118. The van der Waals surface area contributed by atoms with Crippen LogP contribution >= 0.6 is 51.4 Å². The Bertz CT molecular complexity index is 1810. The number of nitrogens with zero attached hydrogens (tertiary/aromatic N) is 16. The summed E-state index contributed by atoms with van der Waals surface area (Å²) in [5.74, 6) is -5.79. The average molecular weight is 1490 g/mol. The number of halogens is 1. The Balaban J connectivity index is 15.9. The van der Waals surface area contributed by atoms with Crippen LogP contribution in [-0.2, 0) is 0 Å². The molecule has 0 atom stereocenters. The van der Waals surface area contributed by atoms with Gasteiger partial charge in [0, 0.05) is 0 Å². The molecule has 0 N–H and O–H groups in total. The van der Waals surface area contributed by atoms with Crippen molar-refractivity contribution in [2.24, 2.45) is 18.1 Å². The quantitative estimate of drug-likeness (QED) is 0.0548. The van der Waals surface area contributed by atoms with Crippen molar-refractivity contribution in [2.75, 3.05) is 0 Å². The molecule has 0 aromatic heterocycles. The second-order valence-electron chi connectivity index (χ2n) is 34.2. The van der Waals surface area contributed by atoms with Gasteiger partial charge in [-0.15, -0.1) is 0 Å². The van der Waals surface area contributed by atoms with Gasteiger partial charge in [0.2, 0.25) is 0 Å². The fraction of sp³-hybridized carbons (Fsp3) is 1.00. The molecule has 0 aromatic rings. The van der Waals surface area contributed by atoms with Crippen LogP contribution in [0.15, 0.2) is 18.1 Å². The predicted octanol–water partition coefficient (Wildman–Crippen LogP) is 24.7. The minimum atomic E-state index is -5.79. The molecule has 0 unspecified atom stereocenters. The van der Waals surface area contributed by atoms with Gasteiger partial charge in [-0.3, -0.25) is 0 Å². The Kier molecular flexibility index (Phi) is 38.4. The van der Waals surface area contributed by atoms with Crippen LogP contribution in [0.25, 0.3) is 0 Å². The van der Waals surface area contributed by atoms with Gasteiger partial charge in [-0.25, -0.2) is 0 Å². The molecule has 0 radical (unpaired) electrons. The Morgan fingerprint density at radius 1 is 0.149 bits per heavy atom. The zero-order valence-corrected chi connectivity index (χ0v) is 77.7. The molecule has 0 aliphatic carbocycles. The van der Waals surface area contributed by atoms with E-state index < -0.39 is 35.9 Å². The summed E-state index contributed by atoms with van der Waals surface area (Å²) in [5.41, 5.74) is 0. The van der Waals surface area contributed by atoms with Crippen molar-refractivity contribution in [3.05, 3.63) is 0 Å². The molecular formula is C72H168BrN16P5. The first kappa shape index (κ1) is 95.3. The number of hydrogen-bond donors (Lipinski definition) is 0. The van der Waals surface area contributed by atoms with Gasteiger partial charge in [-0.05, 0) is 0 Å². The van der Waals surface area contributed by atoms with Crippen molar-refractivity contribution in [1.82, 2.24) is 56.0 Å². The van der Waals surface area contributed by atoms with Gasteiger partial charge in [0.1, 0.15) is 0 Å². The van der Waals surface area contributed by atoms with Crippen LogP contribution in [0.2, 0.25) is 0 Å². The molecule has 94 heavy (non-hydrogen) atoms.